The van der Waals surface area contributed by atoms with Crippen molar-refractivity contribution >= 4 is 27.5 Å². The average Bonchev–Trinajstić information content (AvgIpc) is 3.27. The van der Waals surface area contributed by atoms with Crippen molar-refractivity contribution in [2.24, 2.45) is 5.92 Å². The molecule has 1 aromatic heterocycles. The predicted molar refractivity (Wildman–Crippen MR) is 119 cm³/mol. The number of nitrogens with one attached hydrogen (secondary N) is 1. The van der Waals surface area contributed by atoms with E-state index in [0.29, 0.717) is 30.2 Å². The van der Waals surface area contributed by atoms with Crippen LogP contribution < -0.4 is 5.32 Å². The summed E-state index contributed by atoms with van der Waals surface area (Å²) < 4.78 is 32.5. The third kappa shape index (κ3) is 5.01. The zero-order valence-electron chi connectivity index (χ0n) is 17.5. The van der Waals surface area contributed by atoms with Crippen LogP contribution in [0.5, 0.6) is 0 Å². The maximum absolute atomic E-state index is 13.0. The van der Waals surface area contributed by atoms with E-state index >= 15 is 0 Å². The fourth-order valence-electron chi connectivity index (χ4n) is 3.58. The summed E-state index contributed by atoms with van der Waals surface area (Å²) in [5.74, 6) is -0.00938. The van der Waals surface area contributed by atoms with Crippen LogP contribution in [0.1, 0.15) is 24.3 Å². The molecule has 1 saturated heterocycles. The van der Waals surface area contributed by atoms with Crippen LogP contribution in [-0.2, 0) is 21.4 Å². The van der Waals surface area contributed by atoms with Crippen LogP contribution in [0.25, 0.3) is 11.4 Å². The summed E-state index contributed by atoms with van der Waals surface area (Å²) in [6, 6.07) is 13.8. The molecule has 8 nitrogen and oxygen atoms in total. The molecule has 4 rings (SSSR count). The van der Waals surface area contributed by atoms with E-state index in [2.05, 4.69) is 15.5 Å². The topological polar surface area (TPSA) is 105 Å². The number of rotatable bonds is 6. The van der Waals surface area contributed by atoms with Crippen LogP contribution in [0.4, 0.5) is 0 Å². The van der Waals surface area contributed by atoms with Crippen LogP contribution in [0.3, 0.4) is 0 Å². The molecule has 1 N–H and O–H groups in total. The zero-order valence-corrected chi connectivity index (χ0v) is 19.1. The van der Waals surface area contributed by atoms with Crippen LogP contribution in [-0.4, -0.2) is 41.9 Å². The fraction of sp³-hybridized carbons (Fsp3) is 0.318. The first-order valence-corrected chi connectivity index (χ1v) is 12.1. The van der Waals surface area contributed by atoms with E-state index in [1.54, 1.807) is 48.5 Å². The zero-order chi connectivity index (χ0) is 22.7. The Balaban J connectivity index is 1.36. The molecule has 1 fully saturated rings. The molecule has 3 aromatic rings. The highest BCUT2D eigenvalue weighted by atomic mass is 35.5. The lowest BCUT2D eigenvalue weighted by atomic mass is 9.99. The van der Waals surface area contributed by atoms with E-state index in [4.69, 9.17) is 16.1 Å². The van der Waals surface area contributed by atoms with Gasteiger partial charge in [-0.15, -0.1) is 0 Å². The molecule has 0 spiro atoms. The fourth-order valence-corrected chi connectivity index (χ4v) is 5.23. The second-order valence-electron chi connectivity index (χ2n) is 7.75. The van der Waals surface area contributed by atoms with Gasteiger partial charge < -0.3 is 9.84 Å². The highest BCUT2D eigenvalue weighted by Gasteiger charge is 2.33. The molecule has 0 unspecified atom stereocenters. The van der Waals surface area contributed by atoms with Gasteiger partial charge in [-0.25, -0.2) is 8.42 Å². The molecule has 1 aliphatic heterocycles. The van der Waals surface area contributed by atoms with Crippen molar-refractivity contribution in [2.75, 3.05) is 13.1 Å². The SMILES string of the molecule is Cc1ccc(S(=O)(=O)N2CCC[C@@H](C(=O)NCc3nc(-c4ccc(Cl)cc4)no3)C2)cc1. The van der Waals surface area contributed by atoms with Gasteiger partial charge in [-0.2, -0.15) is 9.29 Å². The number of nitrogens with zero attached hydrogens (tertiary/aromatic N) is 3. The van der Waals surface area contributed by atoms with Gasteiger partial charge in [-0.3, -0.25) is 4.79 Å². The first kappa shape index (κ1) is 22.4. The minimum atomic E-state index is -3.64. The molecule has 0 saturated carbocycles. The number of halogens is 1. The van der Waals surface area contributed by atoms with Crippen molar-refractivity contribution in [3.05, 3.63) is 65.0 Å². The average molecular weight is 475 g/mol. The number of amides is 1. The Labute approximate surface area is 191 Å². The Morgan fingerprint density at radius 3 is 2.62 bits per heavy atom. The molecule has 32 heavy (non-hydrogen) atoms. The largest absolute Gasteiger partial charge is 0.347 e. The molecule has 0 bridgehead atoms. The normalized spacial score (nSPS) is 17.2. The monoisotopic (exact) mass is 474 g/mol. The van der Waals surface area contributed by atoms with Gasteiger partial charge >= 0.3 is 0 Å². The lowest BCUT2D eigenvalue weighted by Gasteiger charge is -2.31. The van der Waals surface area contributed by atoms with Gasteiger partial charge in [0.1, 0.15) is 0 Å². The summed E-state index contributed by atoms with van der Waals surface area (Å²) in [6.07, 6.45) is 1.23. The quantitative estimate of drug-likeness (QED) is 0.586. The second-order valence-corrected chi connectivity index (χ2v) is 10.1. The number of hydrogen-bond donors (Lipinski definition) is 1. The standard InChI is InChI=1S/C22H23ClN4O4S/c1-15-4-10-19(11-5-15)32(29,30)27-12-2-3-17(14-27)22(28)24-13-20-25-21(26-31-20)16-6-8-18(23)9-7-16/h4-11,17H,2-3,12-14H2,1H3,(H,24,28)/t17-/m1/s1. The van der Waals surface area contributed by atoms with Crippen molar-refractivity contribution in [3.8, 4) is 11.4 Å². The van der Waals surface area contributed by atoms with E-state index in [0.717, 1.165) is 11.1 Å². The number of hydrogen-bond acceptors (Lipinski definition) is 6. The molecular weight excluding hydrogens is 452 g/mol. The summed E-state index contributed by atoms with van der Waals surface area (Å²) in [6.45, 7) is 2.51. The van der Waals surface area contributed by atoms with E-state index in [9.17, 15) is 13.2 Å². The summed E-state index contributed by atoms with van der Waals surface area (Å²) in [5.41, 5.74) is 1.74. The maximum atomic E-state index is 13.0. The van der Waals surface area contributed by atoms with Crippen LogP contribution >= 0.6 is 11.6 Å². The van der Waals surface area contributed by atoms with Crippen molar-refractivity contribution < 1.29 is 17.7 Å². The number of piperidine rings is 1. The molecule has 2 aromatic carbocycles. The summed E-state index contributed by atoms with van der Waals surface area (Å²) >= 11 is 5.89. The van der Waals surface area contributed by atoms with Gasteiger partial charge in [0, 0.05) is 23.7 Å². The first-order chi connectivity index (χ1) is 15.3. The van der Waals surface area contributed by atoms with Crippen LogP contribution in [0, 0.1) is 12.8 Å². The second kappa shape index (κ2) is 9.40. The highest BCUT2D eigenvalue weighted by molar-refractivity contribution is 7.89. The van der Waals surface area contributed by atoms with Gasteiger partial charge in [0.25, 0.3) is 0 Å². The summed E-state index contributed by atoms with van der Waals surface area (Å²) in [5, 5.41) is 7.31. The van der Waals surface area contributed by atoms with Crippen molar-refractivity contribution in [1.82, 2.24) is 19.8 Å². The number of carbonyl (C=O) groups is 1. The van der Waals surface area contributed by atoms with Gasteiger partial charge in [-0.1, -0.05) is 34.5 Å². The number of benzene rings is 2. The number of sulfonamides is 1. The van der Waals surface area contributed by atoms with Gasteiger partial charge in [0.05, 0.1) is 17.4 Å². The predicted octanol–water partition coefficient (Wildman–Crippen LogP) is 3.42. The van der Waals surface area contributed by atoms with Gasteiger partial charge in [0.15, 0.2) is 0 Å². The molecular formula is C22H23ClN4O4S. The van der Waals surface area contributed by atoms with Gasteiger partial charge in [-0.05, 0) is 56.2 Å². The number of carbonyl (C=O) groups excluding carboxylic acids is 1. The Bertz CT molecular complexity index is 1190. The van der Waals surface area contributed by atoms with E-state index in [1.807, 2.05) is 6.92 Å². The van der Waals surface area contributed by atoms with Crippen LogP contribution in [0.15, 0.2) is 57.9 Å². The number of aromatic nitrogens is 2. The lowest BCUT2D eigenvalue weighted by molar-refractivity contribution is -0.126. The van der Waals surface area contributed by atoms with E-state index in [1.165, 1.54) is 4.31 Å². The minimum Gasteiger partial charge on any atom is -0.347 e. The first-order valence-electron chi connectivity index (χ1n) is 10.3. The molecule has 2 heterocycles. The molecule has 0 radical (unpaired) electrons. The third-order valence-electron chi connectivity index (χ3n) is 5.40. The Morgan fingerprint density at radius 1 is 1.19 bits per heavy atom. The molecule has 0 aliphatic carbocycles. The Hall–Kier alpha value is -2.75. The third-order valence-corrected chi connectivity index (χ3v) is 7.53. The molecule has 10 heteroatoms. The van der Waals surface area contributed by atoms with Gasteiger partial charge in [0.2, 0.25) is 27.6 Å². The smallest absolute Gasteiger partial charge is 0.246 e. The van der Waals surface area contributed by atoms with Crippen molar-refractivity contribution in [1.29, 1.82) is 0 Å². The molecule has 1 atom stereocenters. The van der Waals surface area contributed by atoms with Crippen molar-refractivity contribution in [2.45, 2.75) is 31.2 Å². The summed E-state index contributed by atoms with van der Waals surface area (Å²) in [4.78, 5) is 17.2. The summed E-state index contributed by atoms with van der Waals surface area (Å²) in [7, 11) is -3.64. The highest BCUT2D eigenvalue weighted by Crippen LogP contribution is 2.24. The molecule has 1 aliphatic rings. The minimum absolute atomic E-state index is 0.0701. The molecule has 168 valence electrons. The van der Waals surface area contributed by atoms with Crippen molar-refractivity contribution in [3.63, 3.8) is 0 Å². The Kier molecular flexibility index (Phi) is 6.59. The number of aryl methyl sites for hydroxylation is 1. The Morgan fingerprint density at radius 2 is 1.91 bits per heavy atom. The maximum Gasteiger partial charge on any atom is 0.246 e. The lowest BCUT2D eigenvalue weighted by Crippen LogP contribution is -2.45. The molecule has 1 amide bonds. The van der Waals surface area contributed by atoms with Crippen LogP contribution in [0.2, 0.25) is 5.02 Å². The van der Waals surface area contributed by atoms with E-state index in [-0.39, 0.29) is 29.8 Å². The van der Waals surface area contributed by atoms with E-state index < -0.39 is 15.9 Å².